The molecule has 0 fully saturated rings. The first kappa shape index (κ1) is 26.7. The number of aromatic nitrogens is 1. The van der Waals surface area contributed by atoms with Gasteiger partial charge in [0.05, 0.1) is 25.3 Å². The summed E-state index contributed by atoms with van der Waals surface area (Å²) in [7, 11) is 1.34. The second-order valence-electron chi connectivity index (χ2n) is 9.15. The lowest BCUT2D eigenvalue weighted by Crippen LogP contribution is -2.41. The highest BCUT2D eigenvalue weighted by atomic mass is 16.5. The zero-order valence-electron chi connectivity index (χ0n) is 21.6. The number of nitrogens with one attached hydrogen (secondary N) is 1. The van der Waals surface area contributed by atoms with Crippen LogP contribution in [0.5, 0.6) is 0 Å². The van der Waals surface area contributed by atoms with Crippen LogP contribution in [0.4, 0.5) is 0 Å². The quantitative estimate of drug-likeness (QED) is 0.358. The Morgan fingerprint density at radius 1 is 1.08 bits per heavy atom. The molecule has 188 valence electrons. The zero-order chi connectivity index (χ0) is 26.1. The summed E-state index contributed by atoms with van der Waals surface area (Å²) in [4.78, 5) is 24.9. The second-order valence-corrected chi connectivity index (χ2v) is 9.15. The van der Waals surface area contributed by atoms with E-state index in [2.05, 4.69) is 60.1 Å². The number of hydrogen-bond donors (Lipinski definition) is 1. The largest absolute Gasteiger partial charge is 0.467 e. The molecule has 0 aliphatic heterocycles. The molecule has 1 heterocycles. The number of carbonyl (C=O) groups is 2. The Morgan fingerprint density at radius 2 is 1.83 bits per heavy atom. The fraction of sp³-hybridized carbons (Fsp3) is 0.367. The zero-order valence-corrected chi connectivity index (χ0v) is 21.6. The van der Waals surface area contributed by atoms with Crippen LogP contribution in [-0.2, 0) is 27.2 Å². The molecular formula is C30H35N3O3. The van der Waals surface area contributed by atoms with Gasteiger partial charge in [-0.1, -0.05) is 55.7 Å². The molecule has 6 nitrogen and oxygen atoms in total. The summed E-state index contributed by atoms with van der Waals surface area (Å²) < 4.78 is 7.05. The summed E-state index contributed by atoms with van der Waals surface area (Å²) >= 11 is 0. The van der Waals surface area contributed by atoms with E-state index in [1.807, 2.05) is 31.2 Å². The van der Waals surface area contributed by atoms with Crippen molar-refractivity contribution in [2.24, 2.45) is 0 Å². The highest BCUT2D eigenvalue weighted by Crippen LogP contribution is 2.30. The number of carbonyl (C=O) groups excluding carboxylic acids is 2. The van der Waals surface area contributed by atoms with Crippen LogP contribution in [-0.4, -0.2) is 29.6 Å². The topological polar surface area (TPSA) is 84.1 Å². The van der Waals surface area contributed by atoms with Crippen LogP contribution >= 0.6 is 0 Å². The molecule has 2 aromatic carbocycles. The molecule has 36 heavy (non-hydrogen) atoms. The third-order valence-corrected chi connectivity index (χ3v) is 6.37. The van der Waals surface area contributed by atoms with Crippen molar-refractivity contribution in [3.63, 3.8) is 0 Å². The maximum atomic E-state index is 12.8. The van der Waals surface area contributed by atoms with Crippen LogP contribution in [0.2, 0.25) is 0 Å². The first-order chi connectivity index (χ1) is 17.4. The molecule has 3 rings (SSSR count). The normalized spacial score (nSPS) is 11.5. The molecule has 6 heteroatoms. The number of amides is 1. The molecule has 1 N–H and O–H groups in total. The van der Waals surface area contributed by atoms with Gasteiger partial charge in [0.1, 0.15) is 6.04 Å². The van der Waals surface area contributed by atoms with Crippen molar-refractivity contribution in [3.05, 3.63) is 77.0 Å². The minimum Gasteiger partial charge on any atom is -0.467 e. The molecule has 0 saturated heterocycles. The van der Waals surface area contributed by atoms with Crippen molar-refractivity contribution >= 4 is 11.9 Å². The SMILES string of the molecule is CCCC[C@H](NC(=O)CCc1ccc(-c2ccc(C)cc2C)n1-c1ccc(CC#N)cc1)C(=O)OC. The Hall–Kier alpha value is -3.85. The van der Waals surface area contributed by atoms with Crippen LogP contribution in [0.1, 0.15) is 55.0 Å². The van der Waals surface area contributed by atoms with Crippen molar-refractivity contribution in [1.29, 1.82) is 5.26 Å². The van der Waals surface area contributed by atoms with E-state index in [1.165, 1.54) is 18.2 Å². The summed E-state index contributed by atoms with van der Waals surface area (Å²) in [5.74, 6) is -0.582. The number of esters is 1. The third kappa shape index (κ3) is 6.63. The highest BCUT2D eigenvalue weighted by Gasteiger charge is 2.21. The summed E-state index contributed by atoms with van der Waals surface area (Å²) in [6, 6.07) is 20.1. The number of benzene rings is 2. The van der Waals surface area contributed by atoms with Gasteiger partial charge in [-0.05, 0) is 62.1 Å². The van der Waals surface area contributed by atoms with E-state index < -0.39 is 12.0 Å². The number of aryl methyl sites for hydroxylation is 3. The Kier molecular flexibility index (Phi) is 9.46. The van der Waals surface area contributed by atoms with Gasteiger partial charge in [0.15, 0.2) is 0 Å². The van der Waals surface area contributed by atoms with Crippen molar-refractivity contribution in [1.82, 2.24) is 9.88 Å². The molecule has 0 bridgehead atoms. The van der Waals surface area contributed by atoms with Gasteiger partial charge in [0.25, 0.3) is 0 Å². The van der Waals surface area contributed by atoms with E-state index in [-0.39, 0.29) is 12.3 Å². The number of hydrogen-bond acceptors (Lipinski definition) is 4. The molecule has 0 aliphatic rings. The van der Waals surface area contributed by atoms with Crippen molar-refractivity contribution in [2.75, 3.05) is 7.11 Å². The van der Waals surface area contributed by atoms with Crippen LogP contribution < -0.4 is 5.32 Å². The van der Waals surface area contributed by atoms with Crippen LogP contribution in [0.15, 0.2) is 54.6 Å². The summed E-state index contributed by atoms with van der Waals surface area (Å²) in [6.07, 6.45) is 3.47. The second kappa shape index (κ2) is 12.7. The molecular weight excluding hydrogens is 450 g/mol. The van der Waals surface area contributed by atoms with Gasteiger partial charge in [0.2, 0.25) is 5.91 Å². The maximum absolute atomic E-state index is 12.8. The van der Waals surface area contributed by atoms with Crippen molar-refractivity contribution < 1.29 is 14.3 Å². The van der Waals surface area contributed by atoms with Crippen molar-refractivity contribution in [2.45, 2.75) is 65.3 Å². The fourth-order valence-corrected chi connectivity index (χ4v) is 4.45. The summed E-state index contributed by atoms with van der Waals surface area (Å²) in [5.41, 5.74) is 7.49. The van der Waals surface area contributed by atoms with Gasteiger partial charge in [0, 0.05) is 23.4 Å². The van der Waals surface area contributed by atoms with E-state index in [9.17, 15) is 9.59 Å². The predicted octanol–water partition coefficient (Wildman–Crippen LogP) is 5.61. The van der Waals surface area contributed by atoms with Crippen LogP contribution in [0.25, 0.3) is 16.9 Å². The first-order valence-electron chi connectivity index (χ1n) is 12.5. The average molecular weight is 486 g/mol. The van der Waals surface area contributed by atoms with E-state index in [1.54, 1.807) is 0 Å². The lowest BCUT2D eigenvalue weighted by atomic mass is 10.0. The number of unbranched alkanes of at least 4 members (excludes halogenated alkanes) is 1. The Bertz CT molecular complexity index is 1240. The van der Waals surface area contributed by atoms with Gasteiger partial charge < -0.3 is 14.6 Å². The van der Waals surface area contributed by atoms with Crippen LogP contribution in [0, 0.1) is 25.2 Å². The Morgan fingerprint density at radius 3 is 2.47 bits per heavy atom. The van der Waals surface area contributed by atoms with E-state index in [0.717, 1.165) is 41.0 Å². The molecule has 0 unspecified atom stereocenters. The van der Waals surface area contributed by atoms with Crippen LogP contribution in [0.3, 0.4) is 0 Å². The van der Waals surface area contributed by atoms with Gasteiger partial charge in [-0.25, -0.2) is 4.79 Å². The van der Waals surface area contributed by atoms with E-state index in [0.29, 0.717) is 19.3 Å². The van der Waals surface area contributed by atoms with Gasteiger partial charge >= 0.3 is 5.97 Å². The maximum Gasteiger partial charge on any atom is 0.328 e. The number of nitriles is 1. The number of rotatable bonds is 11. The molecule has 0 spiro atoms. The standard InChI is InChI=1S/C30H35N3O3/c1-5-6-7-27(30(35)36-4)32-29(34)17-14-25-13-16-28(26-15-8-21(2)20-22(26)3)33(25)24-11-9-23(10-12-24)18-19-31/h8-13,15-16,20,27H,5-7,14,17-18H2,1-4H3,(H,32,34)/t27-/m0/s1. The molecule has 0 saturated carbocycles. The predicted molar refractivity (Wildman–Crippen MR) is 142 cm³/mol. The number of ether oxygens (including phenoxy) is 1. The number of methoxy groups -OCH3 is 1. The first-order valence-corrected chi connectivity index (χ1v) is 12.5. The molecule has 1 amide bonds. The summed E-state index contributed by atoms with van der Waals surface area (Å²) in [6.45, 7) is 6.23. The smallest absolute Gasteiger partial charge is 0.328 e. The molecule has 0 aliphatic carbocycles. The van der Waals surface area contributed by atoms with Gasteiger partial charge in [-0.15, -0.1) is 0 Å². The summed E-state index contributed by atoms with van der Waals surface area (Å²) in [5, 5.41) is 11.9. The van der Waals surface area contributed by atoms with Gasteiger partial charge in [-0.3, -0.25) is 4.79 Å². The van der Waals surface area contributed by atoms with E-state index >= 15 is 0 Å². The highest BCUT2D eigenvalue weighted by molar-refractivity contribution is 5.84. The Balaban J connectivity index is 1.89. The fourth-order valence-electron chi connectivity index (χ4n) is 4.45. The molecule has 3 aromatic rings. The third-order valence-electron chi connectivity index (χ3n) is 6.37. The van der Waals surface area contributed by atoms with Crippen molar-refractivity contribution in [3.8, 4) is 23.0 Å². The minimum atomic E-state index is -0.618. The monoisotopic (exact) mass is 485 g/mol. The molecule has 1 aromatic heterocycles. The lowest BCUT2D eigenvalue weighted by Gasteiger charge is -2.18. The Labute approximate surface area is 213 Å². The van der Waals surface area contributed by atoms with E-state index in [4.69, 9.17) is 10.00 Å². The lowest BCUT2D eigenvalue weighted by molar-refractivity contribution is -0.145. The number of nitrogens with zero attached hydrogens (tertiary/aromatic N) is 2. The molecule has 1 atom stereocenters. The van der Waals surface area contributed by atoms with Gasteiger partial charge in [-0.2, -0.15) is 5.26 Å². The molecule has 0 radical (unpaired) electrons. The minimum absolute atomic E-state index is 0.174. The average Bonchev–Trinajstić information content (AvgIpc) is 3.29.